The molecule has 202 valence electrons. The molecule has 0 aliphatic carbocycles. The van der Waals surface area contributed by atoms with Crippen LogP contribution in [0.15, 0.2) is 30.3 Å². The molecule has 3 amide bonds. The SMILES string of the molecule is COC(=O)[C@@H](NC(=O)C[C@@H](NC(=O)OCc1ccccc1)[C@@H](NC(=O)OC(C)(C)C)C(C)C)C(C)C. The maximum Gasteiger partial charge on any atom is 0.407 e. The Kier molecular flexibility index (Phi) is 12.2. The molecule has 0 bridgehead atoms. The summed E-state index contributed by atoms with van der Waals surface area (Å²) >= 11 is 0. The molecule has 0 unspecified atom stereocenters. The number of nitrogens with one attached hydrogen (secondary N) is 3. The highest BCUT2D eigenvalue weighted by Crippen LogP contribution is 2.14. The second kappa shape index (κ2) is 14.3. The van der Waals surface area contributed by atoms with Gasteiger partial charge in [-0.25, -0.2) is 14.4 Å². The van der Waals surface area contributed by atoms with Crippen LogP contribution in [0.1, 0.15) is 60.5 Å². The van der Waals surface area contributed by atoms with Crippen molar-refractivity contribution in [1.82, 2.24) is 16.0 Å². The summed E-state index contributed by atoms with van der Waals surface area (Å²) in [6.45, 7) is 12.5. The maximum absolute atomic E-state index is 12.9. The largest absolute Gasteiger partial charge is 0.467 e. The van der Waals surface area contributed by atoms with Crippen molar-refractivity contribution in [2.75, 3.05) is 7.11 Å². The topological polar surface area (TPSA) is 132 Å². The van der Waals surface area contributed by atoms with Gasteiger partial charge in [0.1, 0.15) is 18.2 Å². The van der Waals surface area contributed by atoms with E-state index >= 15 is 0 Å². The van der Waals surface area contributed by atoms with E-state index in [1.807, 2.05) is 44.2 Å². The fraction of sp³-hybridized carbons (Fsp3) is 0.615. The van der Waals surface area contributed by atoms with Crippen LogP contribution in [0.3, 0.4) is 0 Å². The van der Waals surface area contributed by atoms with E-state index in [1.54, 1.807) is 34.6 Å². The molecule has 3 N–H and O–H groups in total. The van der Waals surface area contributed by atoms with Crippen LogP contribution in [0, 0.1) is 11.8 Å². The molecule has 1 aromatic rings. The summed E-state index contributed by atoms with van der Waals surface area (Å²) in [7, 11) is 1.25. The van der Waals surface area contributed by atoms with Gasteiger partial charge in [0.25, 0.3) is 0 Å². The van der Waals surface area contributed by atoms with E-state index in [9.17, 15) is 19.2 Å². The summed E-state index contributed by atoms with van der Waals surface area (Å²) in [6.07, 6.45) is -1.65. The number of benzene rings is 1. The lowest BCUT2D eigenvalue weighted by Gasteiger charge is -2.32. The lowest BCUT2D eigenvalue weighted by atomic mass is 9.93. The fourth-order valence-electron chi connectivity index (χ4n) is 3.42. The number of alkyl carbamates (subject to hydrolysis) is 2. The third-order valence-corrected chi connectivity index (χ3v) is 5.19. The lowest BCUT2D eigenvalue weighted by Crippen LogP contribution is -2.57. The average molecular weight is 508 g/mol. The highest BCUT2D eigenvalue weighted by molar-refractivity contribution is 5.85. The molecule has 10 heteroatoms. The summed E-state index contributed by atoms with van der Waals surface area (Å²) in [5.41, 5.74) is 0.0676. The Hall–Kier alpha value is -3.30. The monoisotopic (exact) mass is 507 g/mol. The predicted molar refractivity (Wildman–Crippen MR) is 135 cm³/mol. The average Bonchev–Trinajstić information content (AvgIpc) is 2.78. The second-order valence-electron chi connectivity index (χ2n) is 10.2. The number of hydrogen-bond acceptors (Lipinski definition) is 7. The Balaban J connectivity index is 3.06. The molecule has 0 aromatic heterocycles. The molecule has 0 spiro atoms. The van der Waals surface area contributed by atoms with Gasteiger partial charge in [-0.15, -0.1) is 0 Å². The Morgan fingerprint density at radius 2 is 1.47 bits per heavy atom. The number of rotatable bonds is 11. The van der Waals surface area contributed by atoms with E-state index in [0.717, 1.165) is 5.56 Å². The van der Waals surface area contributed by atoms with Gasteiger partial charge in [0, 0.05) is 6.42 Å². The van der Waals surface area contributed by atoms with Crippen LogP contribution in [-0.2, 0) is 30.4 Å². The van der Waals surface area contributed by atoms with E-state index in [2.05, 4.69) is 16.0 Å². The first-order valence-corrected chi connectivity index (χ1v) is 12.1. The Bertz CT molecular complexity index is 866. The van der Waals surface area contributed by atoms with Crippen LogP contribution in [0.2, 0.25) is 0 Å². The minimum absolute atomic E-state index is 0.0369. The minimum atomic E-state index is -0.857. The smallest absolute Gasteiger partial charge is 0.407 e. The van der Waals surface area contributed by atoms with Gasteiger partial charge in [0.05, 0.1) is 19.2 Å². The summed E-state index contributed by atoms with van der Waals surface area (Å²) < 4.78 is 15.5. The van der Waals surface area contributed by atoms with Crippen molar-refractivity contribution in [3.05, 3.63) is 35.9 Å². The maximum atomic E-state index is 12.9. The van der Waals surface area contributed by atoms with E-state index < -0.39 is 47.8 Å². The van der Waals surface area contributed by atoms with E-state index in [4.69, 9.17) is 14.2 Å². The standard InChI is InChI=1S/C26H41N3O7/c1-16(2)21(29-25(33)36-26(5,6)7)19(14-20(30)28-22(17(3)4)23(31)34-8)27-24(32)35-15-18-12-10-9-11-13-18/h9-13,16-17,19,21-22H,14-15H2,1-8H3,(H,27,32)(H,28,30)(H,29,33)/t19-,21+,22+/m1/s1. The summed E-state index contributed by atoms with van der Waals surface area (Å²) in [5, 5.41) is 8.13. The zero-order valence-corrected chi connectivity index (χ0v) is 22.5. The van der Waals surface area contributed by atoms with Crippen molar-refractivity contribution in [1.29, 1.82) is 0 Å². The first kappa shape index (κ1) is 30.7. The quantitative estimate of drug-likeness (QED) is 0.308. The van der Waals surface area contributed by atoms with Crippen molar-refractivity contribution in [2.45, 2.75) is 85.2 Å². The normalized spacial score (nSPS) is 13.8. The lowest BCUT2D eigenvalue weighted by molar-refractivity contribution is -0.146. The van der Waals surface area contributed by atoms with Gasteiger partial charge in [0.2, 0.25) is 5.91 Å². The number of ether oxygens (including phenoxy) is 3. The molecule has 10 nitrogen and oxygen atoms in total. The zero-order chi connectivity index (χ0) is 27.5. The van der Waals surface area contributed by atoms with Gasteiger partial charge in [0.15, 0.2) is 0 Å². The molecule has 0 saturated carbocycles. The van der Waals surface area contributed by atoms with Crippen LogP contribution < -0.4 is 16.0 Å². The molecular weight excluding hydrogens is 466 g/mol. The van der Waals surface area contributed by atoms with Crippen LogP contribution in [0.25, 0.3) is 0 Å². The van der Waals surface area contributed by atoms with Crippen molar-refractivity contribution in [3.8, 4) is 0 Å². The van der Waals surface area contributed by atoms with Crippen LogP contribution >= 0.6 is 0 Å². The van der Waals surface area contributed by atoms with Crippen molar-refractivity contribution in [3.63, 3.8) is 0 Å². The molecule has 0 radical (unpaired) electrons. The van der Waals surface area contributed by atoms with Crippen molar-refractivity contribution in [2.24, 2.45) is 11.8 Å². The molecule has 36 heavy (non-hydrogen) atoms. The van der Waals surface area contributed by atoms with E-state index in [1.165, 1.54) is 7.11 Å². The van der Waals surface area contributed by atoms with Crippen molar-refractivity contribution < 1.29 is 33.4 Å². The molecule has 0 fully saturated rings. The van der Waals surface area contributed by atoms with Crippen LogP contribution in [-0.4, -0.2) is 54.9 Å². The minimum Gasteiger partial charge on any atom is -0.467 e. The molecule has 3 atom stereocenters. The predicted octanol–water partition coefficient (Wildman–Crippen LogP) is 3.53. The molecule has 0 saturated heterocycles. The van der Waals surface area contributed by atoms with Gasteiger partial charge < -0.3 is 30.2 Å². The van der Waals surface area contributed by atoms with Crippen LogP contribution in [0.4, 0.5) is 9.59 Å². The number of amides is 3. The van der Waals surface area contributed by atoms with Gasteiger partial charge in [-0.2, -0.15) is 0 Å². The number of carbonyl (C=O) groups excluding carboxylic acids is 4. The molecule has 1 aromatic carbocycles. The first-order valence-electron chi connectivity index (χ1n) is 12.1. The highest BCUT2D eigenvalue weighted by Gasteiger charge is 2.33. The Morgan fingerprint density at radius 1 is 0.861 bits per heavy atom. The van der Waals surface area contributed by atoms with Gasteiger partial charge >= 0.3 is 18.2 Å². The van der Waals surface area contributed by atoms with Gasteiger partial charge in [-0.3, -0.25) is 4.79 Å². The molecular formula is C26H41N3O7. The van der Waals surface area contributed by atoms with Gasteiger partial charge in [-0.05, 0) is 38.2 Å². The molecule has 0 heterocycles. The van der Waals surface area contributed by atoms with Crippen LogP contribution in [0.5, 0.6) is 0 Å². The van der Waals surface area contributed by atoms with Gasteiger partial charge in [-0.1, -0.05) is 58.0 Å². The number of methoxy groups -OCH3 is 1. The summed E-state index contributed by atoms with van der Waals surface area (Å²) in [5.74, 6) is -1.47. The number of carbonyl (C=O) groups is 4. The second-order valence-corrected chi connectivity index (χ2v) is 10.2. The number of esters is 1. The Labute approximate surface area is 213 Å². The highest BCUT2D eigenvalue weighted by atomic mass is 16.6. The Morgan fingerprint density at radius 3 is 1.97 bits per heavy atom. The summed E-state index contributed by atoms with van der Waals surface area (Å²) in [4.78, 5) is 50.2. The fourth-order valence-corrected chi connectivity index (χ4v) is 3.42. The molecule has 0 aliphatic heterocycles. The van der Waals surface area contributed by atoms with Crippen molar-refractivity contribution >= 4 is 24.1 Å². The summed E-state index contributed by atoms with van der Waals surface area (Å²) in [6, 6.07) is 6.76. The zero-order valence-electron chi connectivity index (χ0n) is 22.5. The third kappa shape index (κ3) is 11.4. The molecule has 1 rings (SSSR count). The van der Waals surface area contributed by atoms with E-state index in [0.29, 0.717) is 0 Å². The molecule has 0 aliphatic rings. The number of hydrogen-bond donors (Lipinski definition) is 3. The first-order chi connectivity index (χ1) is 16.7. The van der Waals surface area contributed by atoms with E-state index in [-0.39, 0.29) is 24.9 Å². The third-order valence-electron chi connectivity index (χ3n) is 5.19.